The smallest absolute Gasteiger partial charge is 0.114 e. The molecule has 4 nitrogen and oxygen atoms in total. The van der Waals surface area contributed by atoms with E-state index in [0.717, 1.165) is 6.54 Å². The molecule has 0 spiro atoms. The molecule has 0 aliphatic carbocycles. The van der Waals surface area contributed by atoms with Gasteiger partial charge in [0.2, 0.25) is 0 Å². The zero-order valence-corrected chi connectivity index (χ0v) is 13.9. The number of hydrogen-bond acceptors (Lipinski definition) is 4. The molecule has 24 heavy (non-hydrogen) atoms. The molecule has 0 radical (unpaired) electrons. The predicted molar refractivity (Wildman–Crippen MR) is 92.8 cm³/mol. The summed E-state index contributed by atoms with van der Waals surface area (Å²) >= 11 is 0. The minimum absolute atomic E-state index is 0.0620. The van der Waals surface area contributed by atoms with Gasteiger partial charge in [0.05, 0.1) is 19.3 Å². The molecule has 0 bridgehead atoms. The lowest BCUT2D eigenvalue weighted by atomic mass is 10.0. The van der Waals surface area contributed by atoms with Gasteiger partial charge in [0, 0.05) is 13.7 Å². The first-order valence-corrected chi connectivity index (χ1v) is 8.49. The van der Waals surface area contributed by atoms with E-state index in [0.29, 0.717) is 13.2 Å². The SMILES string of the molecule is CO[C@@H]1CO[C@H]2[C@@H]1OC[C@@H]2NCc1ccc(-c2ccccc2)cc1. The third-order valence-electron chi connectivity index (χ3n) is 4.94. The molecule has 4 rings (SSSR count). The summed E-state index contributed by atoms with van der Waals surface area (Å²) in [7, 11) is 1.72. The second-order valence-electron chi connectivity index (χ2n) is 6.42. The molecule has 2 aliphatic rings. The van der Waals surface area contributed by atoms with E-state index in [1.807, 2.05) is 6.07 Å². The van der Waals surface area contributed by atoms with Crippen LogP contribution in [-0.4, -0.2) is 44.7 Å². The number of fused-ring (bicyclic) bond motifs is 1. The number of rotatable bonds is 5. The standard InChI is InChI=1S/C20H23NO3/c1-22-18-13-24-19-17(12-23-20(18)19)21-11-14-7-9-16(10-8-14)15-5-3-2-4-6-15/h2-10,17-21H,11-13H2,1H3/t17-,18+,19+,20+/m0/s1. The second kappa shape index (κ2) is 7.03. The van der Waals surface area contributed by atoms with Gasteiger partial charge >= 0.3 is 0 Å². The Morgan fingerprint density at radius 2 is 1.62 bits per heavy atom. The minimum atomic E-state index is 0.0620. The van der Waals surface area contributed by atoms with Crippen LogP contribution in [0.1, 0.15) is 5.56 Å². The van der Waals surface area contributed by atoms with E-state index < -0.39 is 0 Å². The summed E-state index contributed by atoms with van der Waals surface area (Å²) in [6, 6.07) is 19.4. The molecule has 4 heteroatoms. The lowest BCUT2D eigenvalue weighted by molar-refractivity contribution is -0.00824. The number of nitrogens with one attached hydrogen (secondary N) is 1. The average molecular weight is 325 g/mol. The molecule has 0 amide bonds. The van der Waals surface area contributed by atoms with Crippen LogP contribution in [-0.2, 0) is 20.8 Å². The molecule has 2 saturated heterocycles. The summed E-state index contributed by atoms with van der Waals surface area (Å²) in [6.07, 6.45) is 0.221. The summed E-state index contributed by atoms with van der Waals surface area (Å²) in [5, 5.41) is 3.57. The van der Waals surface area contributed by atoms with Crippen LogP contribution in [0.15, 0.2) is 54.6 Å². The van der Waals surface area contributed by atoms with Gasteiger partial charge in [0.25, 0.3) is 0 Å². The topological polar surface area (TPSA) is 39.7 Å². The van der Waals surface area contributed by atoms with Crippen molar-refractivity contribution in [2.45, 2.75) is 30.9 Å². The third kappa shape index (κ3) is 3.10. The summed E-state index contributed by atoms with van der Waals surface area (Å²) in [5.41, 5.74) is 3.75. The molecule has 2 aliphatic heterocycles. The van der Waals surface area contributed by atoms with Crippen molar-refractivity contribution in [2.24, 2.45) is 0 Å². The van der Waals surface area contributed by atoms with Crippen LogP contribution in [0.3, 0.4) is 0 Å². The largest absolute Gasteiger partial charge is 0.376 e. The maximum Gasteiger partial charge on any atom is 0.114 e. The van der Waals surface area contributed by atoms with E-state index in [4.69, 9.17) is 14.2 Å². The van der Waals surface area contributed by atoms with E-state index in [2.05, 4.69) is 53.8 Å². The van der Waals surface area contributed by atoms with Crippen molar-refractivity contribution in [3.8, 4) is 11.1 Å². The van der Waals surface area contributed by atoms with Crippen LogP contribution in [0.2, 0.25) is 0 Å². The molecule has 4 atom stereocenters. The van der Waals surface area contributed by atoms with Crippen molar-refractivity contribution in [1.29, 1.82) is 0 Å². The molecule has 126 valence electrons. The minimum Gasteiger partial charge on any atom is -0.376 e. The van der Waals surface area contributed by atoms with E-state index in [-0.39, 0.29) is 24.4 Å². The molecule has 0 saturated carbocycles. The van der Waals surface area contributed by atoms with Gasteiger partial charge in [-0.1, -0.05) is 54.6 Å². The fraction of sp³-hybridized carbons (Fsp3) is 0.400. The van der Waals surface area contributed by atoms with Crippen molar-refractivity contribution in [1.82, 2.24) is 5.32 Å². The molecular weight excluding hydrogens is 302 g/mol. The van der Waals surface area contributed by atoms with Crippen molar-refractivity contribution < 1.29 is 14.2 Å². The number of ether oxygens (including phenoxy) is 3. The van der Waals surface area contributed by atoms with Crippen molar-refractivity contribution >= 4 is 0 Å². The van der Waals surface area contributed by atoms with Crippen molar-refractivity contribution in [3.63, 3.8) is 0 Å². The van der Waals surface area contributed by atoms with Crippen LogP contribution >= 0.6 is 0 Å². The summed E-state index contributed by atoms with van der Waals surface area (Å²) in [4.78, 5) is 0. The van der Waals surface area contributed by atoms with Gasteiger partial charge in [-0.3, -0.25) is 0 Å². The van der Waals surface area contributed by atoms with Crippen LogP contribution < -0.4 is 5.32 Å². The Balaban J connectivity index is 1.35. The molecule has 2 aromatic rings. The zero-order chi connectivity index (χ0) is 16.4. The van der Waals surface area contributed by atoms with Gasteiger partial charge in [-0.2, -0.15) is 0 Å². The predicted octanol–water partition coefficient (Wildman–Crippen LogP) is 2.62. The quantitative estimate of drug-likeness (QED) is 0.917. The van der Waals surface area contributed by atoms with Gasteiger partial charge in [0.15, 0.2) is 0 Å². The number of hydrogen-bond donors (Lipinski definition) is 1. The highest BCUT2D eigenvalue weighted by atomic mass is 16.6. The van der Waals surface area contributed by atoms with E-state index in [9.17, 15) is 0 Å². The highest BCUT2D eigenvalue weighted by Crippen LogP contribution is 2.28. The molecule has 2 fully saturated rings. The van der Waals surface area contributed by atoms with Gasteiger partial charge in [0.1, 0.15) is 18.3 Å². The Labute approximate surface area is 142 Å². The fourth-order valence-corrected chi connectivity index (χ4v) is 3.54. The highest BCUT2D eigenvalue weighted by Gasteiger charge is 2.47. The molecule has 0 aromatic heterocycles. The molecule has 0 unspecified atom stereocenters. The van der Waals surface area contributed by atoms with Gasteiger partial charge < -0.3 is 19.5 Å². The number of methoxy groups -OCH3 is 1. The average Bonchev–Trinajstić information content (AvgIpc) is 3.23. The van der Waals surface area contributed by atoms with Crippen LogP contribution in [0.25, 0.3) is 11.1 Å². The first-order chi connectivity index (χ1) is 11.8. The Bertz CT molecular complexity index is 658. The van der Waals surface area contributed by atoms with E-state index in [1.54, 1.807) is 7.11 Å². The summed E-state index contributed by atoms with van der Waals surface area (Å²) in [6.45, 7) is 2.11. The molecular formula is C20H23NO3. The van der Waals surface area contributed by atoms with E-state index >= 15 is 0 Å². The first-order valence-electron chi connectivity index (χ1n) is 8.49. The Hall–Kier alpha value is -1.72. The first kappa shape index (κ1) is 15.8. The van der Waals surface area contributed by atoms with Crippen molar-refractivity contribution in [2.75, 3.05) is 20.3 Å². The Kier molecular flexibility index (Phi) is 4.63. The molecule has 2 heterocycles. The maximum absolute atomic E-state index is 5.85. The van der Waals surface area contributed by atoms with Crippen LogP contribution in [0.4, 0.5) is 0 Å². The van der Waals surface area contributed by atoms with E-state index in [1.165, 1.54) is 16.7 Å². The summed E-state index contributed by atoms with van der Waals surface area (Å²) in [5.74, 6) is 0. The number of benzene rings is 2. The monoisotopic (exact) mass is 325 g/mol. The molecule has 1 N–H and O–H groups in total. The van der Waals surface area contributed by atoms with Crippen molar-refractivity contribution in [3.05, 3.63) is 60.2 Å². The fourth-order valence-electron chi connectivity index (χ4n) is 3.54. The highest BCUT2D eigenvalue weighted by molar-refractivity contribution is 5.63. The lowest BCUT2D eigenvalue weighted by Crippen LogP contribution is -2.40. The lowest BCUT2D eigenvalue weighted by Gasteiger charge is -2.17. The Morgan fingerprint density at radius 1 is 0.917 bits per heavy atom. The maximum atomic E-state index is 5.85. The van der Waals surface area contributed by atoms with Gasteiger partial charge in [-0.15, -0.1) is 0 Å². The normalized spacial score (nSPS) is 28.9. The van der Waals surface area contributed by atoms with Crippen LogP contribution in [0.5, 0.6) is 0 Å². The van der Waals surface area contributed by atoms with Gasteiger partial charge in [-0.25, -0.2) is 0 Å². The third-order valence-corrected chi connectivity index (χ3v) is 4.94. The Morgan fingerprint density at radius 3 is 2.38 bits per heavy atom. The zero-order valence-electron chi connectivity index (χ0n) is 13.9. The van der Waals surface area contributed by atoms with Gasteiger partial charge in [-0.05, 0) is 16.7 Å². The second-order valence-corrected chi connectivity index (χ2v) is 6.42. The molecule has 2 aromatic carbocycles. The summed E-state index contributed by atoms with van der Waals surface area (Å²) < 4.78 is 17.1. The van der Waals surface area contributed by atoms with Crippen LogP contribution in [0, 0.1) is 0 Å².